The van der Waals surface area contributed by atoms with E-state index in [-0.39, 0.29) is 17.7 Å². The van der Waals surface area contributed by atoms with Crippen LogP contribution in [0.3, 0.4) is 0 Å². The lowest BCUT2D eigenvalue weighted by Crippen LogP contribution is -2.44. The lowest BCUT2D eigenvalue weighted by atomic mass is 9.96. The van der Waals surface area contributed by atoms with Crippen molar-refractivity contribution in [3.63, 3.8) is 0 Å². The number of anilines is 1. The minimum Gasteiger partial charge on any atom is -0.399 e. The fraction of sp³-hybridized carbons (Fsp3) is 0.429. The quantitative estimate of drug-likeness (QED) is 0.775. The Bertz CT molecular complexity index is 513. The molecule has 5 nitrogen and oxygen atoms in total. The highest BCUT2D eigenvalue weighted by molar-refractivity contribution is 5.96. The van der Waals surface area contributed by atoms with Gasteiger partial charge in [0.25, 0.3) is 5.91 Å². The van der Waals surface area contributed by atoms with Crippen LogP contribution in [0.25, 0.3) is 0 Å². The molecule has 0 bridgehead atoms. The van der Waals surface area contributed by atoms with E-state index in [0.29, 0.717) is 24.3 Å². The van der Waals surface area contributed by atoms with Gasteiger partial charge in [-0.2, -0.15) is 0 Å². The molecule has 1 aromatic carbocycles. The number of primary amides is 1. The van der Waals surface area contributed by atoms with E-state index in [1.54, 1.807) is 23.1 Å². The molecule has 1 aromatic rings. The average Bonchev–Trinajstić information content (AvgIpc) is 2.38. The molecular formula is C14H19N3O2. The molecule has 0 aromatic heterocycles. The first-order valence-electron chi connectivity index (χ1n) is 6.43. The van der Waals surface area contributed by atoms with Crippen molar-refractivity contribution in [2.45, 2.75) is 19.8 Å². The van der Waals surface area contributed by atoms with Gasteiger partial charge in [0.15, 0.2) is 0 Å². The van der Waals surface area contributed by atoms with Gasteiger partial charge in [-0.25, -0.2) is 0 Å². The summed E-state index contributed by atoms with van der Waals surface area (Å²) in [6, 6.07) is 5.24. The Labute approximate surface area is 112 Å². The highest BCUT2D eigenvalue weighted by atomic mass is 16.2. The molecule has 19 heavy (non-hydrogen) atoms. The van der Waals surface area contributed by atoms with Gasteiger partial charge in [0.05, 0.1) is 5.92 Å². The number of benzene rings is 1. The van der Waals surface area contributed by atoms with Crippen LogP contribution in [0.5, 0.6) is 0 Å². The number of nitrogens with two attached hydrogens (primary N) is 2. The van der Waals surface area contributed by atoms with Crippen LogP contribution in [0.2, 0.25) is 0 Å². The van der Waals surface area contributed by atoms with Crippen LogP contribution in [-0.2, 0) is 4.79 Å². The number of hydrogen-bond donors (Lipinski definition) is 2. The van der Waals surface area contributed by atoms with Crippen molar-refractivity contribution in [2.24, 2.45) is 11.7 Å². The van der Waals surface area contributed by atoms with E-state index in [1.807, 2.05) is 6.92 Å². The second-order valence-corrected chi connectivity index (χ2v) is 5.07. The number of nitrogen functional groups attached to an aromatic ring is 1. The predicted octanol–water partition coefficient (Wildman–Crippen LogP) is 0.915. The van der Waals surface area contributed by atoms with Crippen molar-refractivity contribution in [3.8, 4) is 0 Å². The maximum atomic E-state index is 12.4. The molecular weight excluding hydrogens is 242 g/mol. The molecule has 0 aliphatic carbocycles. The molecule has 1 heterocycles. The number of aryl methyl sites for hydroxylation is 1. The van der Waals surface area contributed by atoms with Gasteiger partial charge in [-0.3, -0.25) is 9.59 Å². The van der Waals surface area contributed by atoms with E-state index in [9.17, 15) is 9.59 Å². The number of amides is 2. The summed E-state index contributed by atoms with van der Waals surface area (Å²) >= 11 is 0. The predicted molar refractivity (Wildman–Crippen MR) is 73.4 cm³/mol. The largest absolute Gasteiger partial charge is 0.399 e. The van der Waals surface area contributed by atoms with Crippen molar-refractivity contribution in [1.29, 1.82) is 0 Å². The summed E-state index contributed by atoms with van der Waals surface area (Å²) < 4.78 is 0. The lowest BCUT2D eigenvalue weighted by Gasteiger charge is -2.31. The zero-order chi connectivity index (χ0) is 14.0. The number of piperidine rings is 1. The molecule has 2 amide bonds. The van der Waals surface area contributed by atoms with Crippen LogP contribution in [0.1, 0.15) is 28.8 Å². The monoisotopic (exact) mass is 261 g/mol. The third-order valence-electron chi connectivity index (χ3n) is 3.59. The Kier molecular flexibility index (Phi) is 3.74. The van der Waals surface area contributed by atoms with Gasteiger partial charge in [0.1, 0.15) is 0 Å². The zero-order valence-corrected chi connectivity index (χ0v) is 11.1. The third kappa shape index (κ3) is 2.86. The van der Waals surface area contributed by atoms with Gasteiger partial charge in [0, 0.05) is 24.3 Å². The second kappa shape index (κ2) is 5.30. The van der Waals surface area contributed by atoms with E-state index in [2.05, 4.69) is 0 Å². The molecule has 1 aliphatic heterocycles. The van der Waals surface area contributed by atoms with Crippen molar-refractivity contribution in [3.05, 3.63) is 29.3 Å². The number of nitrogens with zero attached hydrogens (tertiary/aromatic N) is 1. The SMILES string of the molecule is Cc1cc(N)ccc1C(=O)N1CCCC(C(N)=O)C1. The van der Waals surface area contributed by atoms with Gasteiger partial charge < -0.3 is 16.4 Å². The van der Waals surface area contributed by atoms with Gasteiger partial charge >= 0.3 is 0 Å². The normalized spacial score (nSPS) is 19.2. The Morgan fingerprint density at radius 3 is 2.74 bits per heavy atom. The minimum absolute atomic E-state index is 0.0524. The first-order valence-corrected chi connectivity index (χ1v) is 6.43. The molecule has 1 fully saturated rings. The fourth-order valence-corrected chi connectivity index (χ4v) is 2.49. The summed E-state index contributed by atoms with van der Waals surface area (Å²) in [4.78, 5) is 25.4. The summed E-state index contributed by atoms with van der Waals surface area (Å²) in [7, 11) is 0. The van der Waals surface area contributed by atoms with Gasteiger partial charge in [-0.05, 0) is 43.5 Å². The van der Waals surface area contributed by atoms with E-state index in [4.69, 9.17) is 11.5 Å². The topological polar surface area (TPSA) is 89.4 Å². The number of carbonyl (C=O) groups excluding carboxylic acids is 2. The molecule has 0 spiro atoms. The number of carbonyl (C=O) groups is 2. The molecule has 1 unspecified atom stereocenters. The molecule has 5 heteroatoms. The summed E-state index contributed by atoms with van der Waals surface area (Å²) in [6.45, 7) is 2.95. The van der Waals surface area contributed by atoms with E-state index < -0.39 is 0 Å². The molecule has 0 radical (unpaired) electrons. The molecule has 4 N–H and O–H groups in total. The van der Waals surface area contributed by atoms with Crippen molar-refractivity contribution >= 4 is 17.5 Å². The highest BCUT2D eigenvalue weighted by Gasteiger charge is 2.28. The number of hydrogen-bond acceptors (Lipinski definition) is 3. The summed E-state index contributed by atoms with van der Waals surface area (Å²) in [5.74, 6) is -0.609. The fourth-order valence-electron chi connectivity index (χ4n) is 2.49. The van der Waals surface area contributed by atoms with Crippen LogP contribution in [0.15, 0.2) is 18.2 Å². The van der Waals surface area contributed by atoms with Crippen LogP contribution in [0, 0.1) is 12.8 Å². The Hall–Kier alpha value is -2.04. The Morgan fingerprint density at radius 1 is 1.37 bits per heavy atom. The average molecular weight is 261 g/mol. The van der Waals surface area contributed by atoms with E-state index in [0.717, 1.165) is 18.4 Å². The first-order chi connectivity index (χ1) is 8.99. The van der Waals surface area contributed by atoms with Crippen LogP contribution in [0.4, 0.5) is 5.69 Å². The summed E-state index contributed by atoms with van der Waals surface area (Å²) in [6.07, 6.45) is 1.58. The Balaban J connectivity index is 2.17. The smallest absolute Gasteiger partial charge is 0.254 e. The molecule has 0 saturated carbocycles. The molecule has 2 rings (SSSR count). The van der Waals surface area contributed by atoms with Crippen LogP contribution < -0.4 is 11.5 Å². The number of likely N-dealkylation sites (tertiary alicyclic amines) is 1. The summed E-state index contributed by atoms with van der Waals surface area (Å²) in [5.41, 5.74) is 13.1. The molecule has 1 saturated heterocycles. The minimum atomic E-state index is -0.327. The van der Waals surface area contributed by atoms with Crippen molar-refractivity contribution < 1.29 is 9.59 Å². The van der Waals surface area contributed by atoms with Gasteiger partial charge in [-0.15, -0.1) is 0 Å². The maximum Gasteiger partial charge on any atom is 0.254 e. The maximum absolute atomic E-state index is 12.4. The third-order valence-corrected chi connectivity index (χ3v) is 3.59. The lowest BCUT2D eigenvalue weighted by molar-refractivity contribution is -0.123. The van der Waals surface area contributed by atoms with Crippen molar-refractivity contribution in [2.75, 3.05) is 18.8 Å². The van der Waals surface area contributed by atoms with Gasteiger partial charge in [0.2, 0.25) is 5.91 Å². The molecule has 102 valence electrons. The second-order valence-electron chi connectivity index (χ2n) is 5.07. The first kappa shape index (κ1) is 13.4. The standard InChI is InChI=1S/C14H19N3O2/c1-9-7-11(15)4-5-12(9)14(19)17-6-2-3-10(8-17)13(16)18/h4-5,7,10H,2-3,6,8,15H2,1H3,(H2,16,18). The zero-order valence-electron chi connectivity index (χ0n) is 11.1. The Morgan fingerprint density at radius 2 is 2.11 bits per heavy atom. The summed E-state index contributed by atoms with van der Waals surface area (Å²) in [5, 5.41) is 0. The van der Waals surface area contributed by atoms with E-state index >= 15 is 0 Å². The van der Waals surface area contributed by atoms with Crippen LogP contribution in [-0.4, -0.2) is 29.8 Å². The number of rotatable bonds is 2. The molecule has 1 aliphatic rings. The van der Waals surface area contributed by atoms with Crippen LogP contribution >= 0.6 is 0 Å². The van der Waals surface area contributed by atoms with E-state index in [1.165, 1.54) is 0 Å². The van der Waals surface area contributed by atoms with Crippen molar-refractivity contribution in [1.82, 2.24) is 4.90 Å². The highest BCUT2D eigenvalue weighted by Crippen LogP contribution is 2.20. The molecule has 1 atom stereocenters. The van der Waals surface area contributed by atoms with Gasteiger partial charge in [-0.1, -0.05) is 0 Å².